The summed E-state index contributed by atoms with van der Waals surface area (Å²) in [5.41, 5.74) is 3.71. The Morgan fingerprint density at radius 3 is 3.00 bits per heavy atom. The third-order valence-corrected chi connectivity index (χ3v) is 3.99. The van der Waals surface area contributed by atoms with E-state index in [-0.39, 0.29) is 6.04 Å². The molecule has 0 spiro atoms. The fraction of sp³-hybridized carbons (Fsp3) is 0.294. The van der Waals surface area contributed by atoms with Crippen LogP contribution in [0.4, 0.5) is 0 Å². The van der Waals surface area contributed by atoms with E-state index in [9.17, 15) is 0 Å². The molecule has 0 saturated carbocycles. The summed E-state index contributed by atoms with van der Waals surface area (Å²) in [4.78, 5) is 0. The summed E-state index contributed by atoms with van der Waals surface area (Å²) >= 11 is 0. The Balaban J connectivity index is 1.52. The molecule has 2 aromatic rings. The highest BCUT2D eigenvalue weighted by molar-refractivity contribution is 5.48. The van der Waals surface area contributed by atoms with Gasteiger partial charge < -0.3 is 19.5 Å². The number of para-hydroxylation sites is 1. The zero-order chi connectivity index (χ0) is 14.1. The summed E-state index contributed by atoms with van der Waals surface area (Å²) in [6.07, 6.45) is 0. The predicted octanol–water partition coefficient (Wildman–Crippen LogP) is 2.78. The summed E-state index contributed by atoms with van der Waals surface area (Å²) < 4.78 is 16.6. The molecule has 4 rings (SSSR count). The van der Waals surface area contributed by atoms with Crippen LogP contribution in [0.15, 0.2) is 42.5 Å². The Hall–Kier alpha value is -2.04. The molecule has 1 N–H and O–H groups in total. The van der Waals surface area contributed by atoms with E-state index in [2.05, 4.69) is 35.6 Å². The van der Waals surface area contributed by atoms with Crippen LogP contribution in [-0.4, -0.2) is 13.4 Å². The number of fused-ring (bicyclic) bond motifs is 2. The molecule has 4 nitrogen and oxygen atoms in total. The first-order valence-corrected chi connectivity index (χ1v) is 7.18. The van der Waals surface area contributed by atoms with E-state index >= 15 is 0 Å². The minimum Gasteiger partial charge on any atom is -0.454 e. The molecule has 0 aromatic heterocycles. The Bertz CT molecular complexity index is 656. The smallest absolute Gasteiger partial charge is 0.231 e. The highest BCUT2D eigenvalue weighted by atomic mass is 16.7. The minimum atomic E-state index is 0.216. The topological polar surface area (TPSA) is 39.7 Å². The Morgan fingerprint density at radius 2 is 2.00 bits per heavy atom. The number of rotatable bonds is 3. The first-order valence-electron chi connectivity index (χ1n) is 7.18. The highest BCUT2D eigenvalue weighted by Crippen LogP contribution is 2.35. The van der Waals surface area contributed by atoms with Crippen molar-refractivity contribution in [1.29, 1.82) is 0 Å². The second-order valence-corrected chi connectivity index (χ2v) is 5.30. The number of hydrogen-bond donors (Lipinski definition) is 1. The van der Waals surface area contributed by atoms with Crippen LogP contribution in [0, 0.1) is 0 Å². The van der Waals surface area contributed by atoms with Gasteiger partial charge in [-0.3, -0.25) is 0 Å². The fourth-order valence-corrected chi connectivity index (χ4v) is 2.91. The van der Waals surface area contributed by atoms with Gasteiger partial charge in [0.25, 0.3) is 0 Å². The van der Waals surface area contributed by atoms with E-state index in [1.54, 1.807) is 0 Å². The fourth-order valence-electron chi connectivity index (χ4n) is 2.91. The summed E-state index contributed by atoms with van der Waals surface area (Å²) in [5, 5.41) is 3.56. The van der Waals surface area contributed by atoms with E-state index in [4.69, 9.17) is 14.2 Å². The van der Waals surface area contributed by atoms with Crippen LogP contribution in [0.3, 0.4) is 0 Å². The van der Waals surface area contributed by atoms with E-state index in [1.807, 2.05) is 12.1 Å². The quantitative estimate of drug-likeness (QED) is 0.940. The summed E-state index contributed by atoms with van der Waals surface area (Å²) in [6.45, 7) is 2.44. The predicted molar refractivity (Wildman–Crippen MR) is 78.2 cm³/mol. The van der Waals surface area contributed by atoms with E-state index in [1.165, 1.54) is 11.1 Å². The maximum absolute atomic E-state index is 5.67. The molecule has 2 heterocycles. The van der Waals surface area contributed by atoms with Crippen molar-refractivity contribution < 1.29 is 14.2 Å². The van der Waals surface area contributed by atoms with Gasteiger partial charge in [0.15, 0.2) is 11.5 Å². The normalized spacial score (nSPS) is 19.3. The lowest BCUT2D eigenvalue weighted by atomic mass is 9.99. The SMILES string of the molecule is c1ccc2c(c1)COCC2NCc1cccc2c1OCO2. The molecule has 0 fully saturated rings. The van der Waals surface area contributed by atoms with Gasteiger partial charge in [-0.05, 0) is 17.2 Å². The summed E-state index contributed by atoms with van der Waals surface area (Å²) in [6, 6.07) is 14.6. The van der Waals surface area contributed by atoms with E-state index in [0.717, 1.165) is 23.6 Å². The molecule has 0 saturated heterocycles. The zero-order valence-corrected chi connectivity index (χ0v) is 11.7. The molecule has 4 heteroatoms. The average molecular weight is 283 g/mol. The number of ether oxygens (including phenoxy) is 3. The van der Waals surface area contributed by atoms with Gasteiger partial charge in [-0.2, -0.15) is 0 Å². The monoisotopic (exact) mass is 283 g/mol. The zero-order valence-electron chi connectivity index (χ0n) is 11.7. The summed E-state index contributed by atoms with van der Waals surface area (Å²) in [7, 11) is 0. The van der Waals surface area contributed by atoms with Gasteiger partial charge >= 0.3 is 0 Å². The van der Waals surface area contributed by atoms with Crippen LogP contribution < -0.4 is 14.8 Å². The van der Waals surface area contributed by atoms with Crippen LogP contribution in [-0.2, 0) is 17.9 Å². The molecule has 2 aromatic carbocycles. The average Bonchev–Trinajstić information content (AvgIpc) is 3.02. The first kappa shape index (κ1) is 12.7. The molecule has 2 aliphatic heterocycles. The van der Waals surface area contributed by atoms with Crippen LogP contribution >= 0.6 is 0 Å². The largest absolute Gasteiger partial charge is 0.454 e. The molecule has 0 bridgehead atoms. The van der Waals surface area contributed by atoms with Gasteiger partial charge in [0, 0.05) is 12.1 Å². The van der Waals surface area contributed by atoms with Gasteiger partial charge in [-0.25, -0.2) is 0 Å². The third kappa shape index (κ3) is 2.37. The standard InChI is InChI=1S/C17H17NO3/c1-2-6-14-13(4-1)9-19-10-15(14)18-8-12-5-3-7-16-17(12)21-11-20-16/h1-7,15,18H,8-11H2. The molecule has 0 aliphatic carbocycles. The molecule has 0 amide bonds. The van der Waals surface area contributed by atoms with Crippen LogP contribution in [0.2, 0.25) is 0 Å². The first-order chi connectivity index (χ1) is 10.4. The van der Waals surface area contributed by atoms with Gasteiger partial charge in [-0.15, -0.1) is 0 Å². The highest BCUT2D eigenvalue weighted by Gasteiger charge is 2.22. The number of nitrogens with one attached hydrogen (secondary N) is 1. The van der Waals surface area contributed by atoms with E-state index in [0.29, 0.717) is 20.0 Å². The van der Waals surface area contributed by atoms with Crippen molar-refractivity contribution in [3.8, 4) is 11.5 Å². The van der Waals surface area contributed by atoms with Crippen LogP contribution in [0.5, 0.6) is 11.5 Å². The van der Waals surface area contributed by atoms with Crippen molar-refractivity contribution in [2.24, 2.45) is 0 Å². The van der Waals surface area contributed by atoms with Crippen molar-refractivity contribution in [3.63, 3.8) is 0 Å². The Kier molecular flexibility index (Phi) is 3.25. The van der Waals surface area contributed by atoms with Gasteiger partial charge in [0.05, 0.1) is 19.3 Å². The molecule has 1 atom stereocenters. The lowest BCUT2D eigenvalue weighted by Crippen LogP contribution is -2.29. The maximum atomic E-state index is 5.67. The number of hydrogen-bond acceptors (Lipinski definition) is 4. The van der Waals surface area contributed by atoms with Crippen molar-refractivity contribution in [2.75, 3.05) is 13.4 Å². The molecule has 1 unspecified atom stereocenters. The third-order valence-electron chi connectivity index (χ3n) is 3.99. The van der Waals surface area contributed by atoms with Crippen LogP contribution in [0.1, 0.15) is 22.7 Å². The second kappa shape index (κ2) is 5.39. The molecular weight excluding hydrogens is 266 g/mol. The molecule has 21 heavy (non-hydrogen) atoms. The van der Waals surface area contributed by atoms with Crippen molar-refractivity contribution >= 4 is 0 Å². The molecule has 108 valence electrons. The lowest BCUT2D eigenvalue weighted by molar-refractivity contribution is 0.0816. The molecular formula is C17H17NO3. The minimum absolute atomic E-state index is 0.216. The lowest BCUT2D eigenvalue weighted by Gasteiger charge is -2.26. The summed E-state index contributed by atoms with van der Waals surface area (Å²) in [5.74, 6) is 1.68. The van der Waals surface area contributed by atoms with Gasteiger partial charge in [0.1, 0.15) is 0 Å². The number of benzene rings is 2. The molecule has 0 radical (unpaired) electrons. The van der Waals surface area contributed by atoms with Crippen molar-refractivity contribution in [1.82, 2.24) is 5.32 Å². The van der Waals surface area contributed by atoms with Crippen LogP contribution in [0.25, 0.3) is 0 Å². The van der Waals surface area contributed by atoms with E-state index < -0.39 is 0 Å². The Morgan fingerprint density at radius 1 is 1.05 bits per heavy atom. The van der Waals surface area contributed by atoms with Crippen molar-refractivity contribution in [3.05, 3.63) is 59.2 Å². The van der Waals surface area contributed by atoms with Crippen molar-refractivity contribution in [2.45, 2.75) is 19.2 Å². The maximum Gasteiger partial charge on any atom is 0.231 e. The van der Waals surface area contributed by atoms with Gasteiger partial charge in [-0.1, -0.05) is 36.4 Å². The second-order valence-electron chi connectivity index (χ2n) is 5.30. The van der Waals surface area contributed by atoms with Gasteiger partial charge in [0.2, 0.25) is 6.79 Å². The molecule has 2 aliphatic rings. The Labute approximate surface area is 123 Å².